The molecule has 1 aliphatic heterocycles. The Morgan fingerprint density at radius 3 is 2.35 bits per heavy atom. The van der Waals surface area contributed by atoms with Crippen LogP contribution in [0, 0.1) is 5.92 Å². The number of amides is 2. The van der Waals surface area contributed by atoms with Gasteiger partial charge in [-0.1, -0.05) is 11.6 Å². The average molecular weight is 385 g/mol. The zero-order chi connectivity index (χ0) is 18.9. The van der Waals surface area contributed by atoms with Crippen LogP contribution in [0.2, 0.25) is 5.02 Å². The van der Waals surface area contributed by atoms with Crippen LogP contribution in [0.25, 0.3) is 0 Å². The van der Waals surface area contributed by atoms with Gasteiger partial charge in [0.05, 0.1) is 26.1 Å². The number of halogens is 1. The van der Waals surface area contributed by atoms with E-state index in [1.165, 1.54) is 7.11 Å². The highest BCUT2D eigenvalue weighted by atomic mass is 35.5. The van der Waals surface area contributed by atoms with E-state index >= 15 is 0 Å². The first-order chi connectivity index (χ1) is 12.5. The SMILES string of the molecule is COC(=O)C1CC[NH+](CC(=O)NNC(=O)COc2ccc(Cl)cc2)CC1. The van der Waals surface area contributed by atoms with Crippen molar-refractivity contribution in [2.75, 3.05) is 33.4 Å². The molecular formula is C17H23ClN3O5+. The topological polar surface area (TPSA) is 98.2 Å². The molecule has 9 heteroatoms. The number of esters is 1. The van der Waals surface area contributed by atoms with Crippen LogP contribution in [0.1, 0.15) is 12.8 Å². The fourth-order valence-electron chi connectivity index (χ4n) is 2.73. The normalized spacial score (nSPS) is 19.3. The molecule has 3 N–H and O–H groups in total. The highest BCUT2D eigenvalue weighted by Gasteiger charge is 2.29. The molecule has 0 aliphatic carbocycles. The molecule has 1 aromatic carbocycles. The second-order valence-electron chi connectivity index (χ2n) is 6.06. The summed E-state index contributed by atoms with van der Waals surface area (Å²) in [5, 5.41) is 0.576. The molecule has 1 fully saturated rings. The summed E-state index contributed by atoms with van der Waals surface area (Å²) in [5.41, 5.74) is 4.68. The van der Waals surface area contributed by atoms with Crippen molar-refractivity contribution in [1.82, 2.24) is 10.9 Å². The van der Waals surface area contributed by atoms with Crippen molar-refractivity contribution >= 4 is 29.4 Å². The first-order valence-electron chi connectivity index (χ1n) is 8.35. The molecule has 26 heavy (non-hydrogen) atoms. The number of hydrazine groups is 1. The van der Waals surface area contributed by atoms with Crippen molar-refractivity contribution in [1.29, 1.82) is 0 Å². The lowest BCUT2D eigenvalue weighted by Crippen LogP contribution is -3.14. The Labute approximate surface area is 156 Å². The van der Waals surface area contributed by atoms with Crippen LogP contribution in [-0.4, -0.2) is 51.1 Å². The first kappa shape index (κ1) is 20.0. The molecule has 0 spiro atoms. The van der Waals surface area contributed by atoms with E-state index in [0.717, 1.165) is 4.90 Å². The number of carbonyl (C=O) groups excluding carboxylic acids is 3. The molecule has 0 aromatic heterocycles. The lowest BCUT2D eigenvalue weighted by molar-refractivity contribution is -0.897. The molecule has 1 saturated heterocycles. The van der Waals surface area contributed by atoms with Crippen molar-refractivity contribution in [3.63, 3.8) is 0 Å². The molecule has 0 radical (unpaired) electrons. The van der Waals surface area contributed by atoms with Gasteiger partial charge in [-0.15, -0.1) is 0 Å². The third-order valence-corrected chi connectivity index (χ3v) is 4.41. The first-order valence-corrected chi connectivity index (χ1v) is 8.73. The number of hydrogen-bond donors (Lipinski definition) is 3. The van der Waals surface area contributed by atoms with E-state index in [9.17, 15) is 14.4 Å². The molecule has 142 valence electrons. The molecular weight excluding hydrogens is 362 g/mol. The molecule has 8 nitrogen and oxygen atoms in total. The number of ether oxygens (including phenoxy) is 2. The van der Waals surface area contributed by atoms with Crippen molar-refractivity contribution in [2.24, 2.45) is 5.92 Å². The van der Waals surface area contributed by atoms with E-state index in [4.69, 9.17) is 21.1 Å². The van der Waals surface area contributed by atoms with E-state index < -0.39 is 5.91 Å². The van der Waals surface area contributed by atoms with E-state index in [2.05, 4.69) is 10.9 Å². The number of piperidine rings is 1. The summed E-state index contributed by atoms with van der Waals surface area (Å²) >= 11 is 5.76. The average Bonchev–Trinajstić information content (AvgIpc) is 2.66. The highest BCUT2D eigenvalue weighted by Crippen LogP contribution is 2.15. The predicted molar refractivity (Wildman–Crippen MR) is 93.5 cm³/mol. The lowest BCUT2D eigenvalue weighted by atomic mass is 9.97. The summed E-state index contributed by atoms with van der Waals surface area (Å²) in [4.78, 5) is 36.1. The fourth-order valence-corrected chi connectivity index (χ4v) is 2.86. The lowest BCUT2D eigenvalue weighted by Gasteiger charge is -2.27. The number of benzene rings is 1. The van der Waals surface area contributed by atoms with E-state index in [1.54, 1.807) is 24.3 Å². The fraction of sp³-hybridized carbons (Fsp3) is 0.471. The number of carbonyl (C=O) groups is 3. The Kier molecular flexibility index (Phi) is 7.68. The van der Waals surface area contributed by atoms with E-state index in [1.807, 2.05) is 0 Å². The minimum absolute atomic E-state index is 0.0865. The van der Waals surface area contributed by atoms with Gasteiger partial charge in [-0.3, -0.25) is 25.2 Å². The molecule has 1 heterocycles. The zero-order valence-corrected chi connectivity index (χ0v) is 15.3. The van der Waals surface area contributed by atoms with Gasteiger partial charge in [-0.2, -0.15) is 0 Å². The molecule has 1 aliphatic rings. The summed E-state index contributed by atoms with van der Waals surface area (Å²) in [6.45, 7) is 1.42. The van der Waals surface area contributed by atoms with Gasteiger partial charge in [0.15, 0.2) is 13.2 Å². The van der Waals surface area contributed by atoms with Crippen molar-refractivity contribution in [3.8, 4) is 5.75 Å². The summed E-state index contributed by atoms with van der Waals surface area (Å²) < 4.78 is 10.0. The van der Waals surface area contributed by atoms with Crippen LogP contribution in [0.4, 0.5) is 0 Å². The third-order valence-electron chi connectivity index (χ3n) is 4.16. The van der Waals surface area contributed by atoms with E-state index in [-0.39, 0.29) is 30.9 Å². The number of methoxy groups -OCH3 is 1. The number of likely N-dealkylation sites (tertiary alicyclic amines) is 1. The van der Waals surface area contributed by atoms with Gasteiger partial charge in [-0.05, 0) is 24.3 Å². The second-order valence-corrected chi connectivity index (χ2v) is 6.50. The summed E-state index contributed by atoms with van der Waals surface area (Å²) in [5.74, 6) is -0.532. The van der Waals surface area contributed by atoms with Crippen LogP contribution in [0.15, 0.2) is 24.3 Å². The van der Waals surface area contributed by atoms with Crippen LogP contribution < -0.4 is 20.5 Å². The number of quaternary nitrogens is 1. The summed E-state index contributed by atoms with van der Waals surface area (Å²) in [6, 6.07) is 6.61. The monoisotopic (exact) mass is 384 g/mol. The molecule has 2 rings (SSSR count). The maximum absolute atomic E-state index is 11.9. The Morgan fingerprint density at radius 1 is 1.12 bits per heavy atom. The van der Waals surface area contributed by atoms with Crippen molar-refractivity contribution < 1.29 is 28.8 Å². The number of rotatable bonds is 6. The van der Waals surface area contributed by atoms with Crippen molar-refractivity contribution in [3.05, 3.63) is 29.3 Å². The van der Waals surface area contributed by atoms with Crippen LogP contribution in [0.5, 0.6) is 5.75 Å². The maximum atomic E-state index is 11.9. The smallest absolute Gasteiger partial charge is 0.309 e. The molecule has 0 unspecified atom stereocenters. The van der Waals surface area contributed by atoms with Gasteiger partial charge in [0, 0.05) is 17.9 Å². The van der Waals surface area contributed by atoms with Gasteiger partial charge in [-0.25, -0.2) is 0 Å². The maximum Gasteiger partial charge on any atom is 0.309 e. The second kappa shape index (κ2) is 9.98. The Hall–Kier alpha value is -2.32. The van der Waals surface area contributed by atoms with E-state index in [0.29, 0.717) is 36.7 Å². The van der Waals surface area contributed by atoms with Crippen LogP contribution in [0.3, 0.4) is 0 Å². The minimum atomic E-state index is -0.465. The van der Waals surface area contributed by atoms with Crippen molar-refractivity contribution in [2.45, 2.75) is 12.8 Å². The minimum Gasteiger partial charge on any atom is -0.484 e. The molecule has 2 amide bonds. The Balaban J connectivity index is 1.61. The van der Waals surface area contributed by atoms with Gasteiger partial charge >= 0.3 is 5.97 Å². The molecule has 0 saturated carbocycles. The Bertz CT molecular complexity index is 630. The van der Waals surface area contributed by atoms with Gasteiger partial charge in [0.25, 0.3) is 11.8 Å². The number of hydrogen-bond acceptors (Lipinski definition) is 5. The molecule has 0 bridgehead atoms. The van der Waals surface area contributed by atoms with Gasteiger partial charge in [0.1, 0.15) is 5.75 Å². The Morgan fingerprint density at radius 2 is 1.73 bits per heavy atom. The van der Waals surface area contributed by atoms with Gasteiger partial charge < -0.3 is 14.4 Å². The highest BCUT2D eigenvalue weighted by molar-refractivity contribution is 6.30. The number of nitrogens with one attached hydrogen (secondary N) is 3. The summed E-state index contributed by atoms with van der Waals surface area (Å²) in [6.07, 6.45) is 1.38. The molecule has 0 atom stereocenters. The molecule has 1 aromatic rings. The predicted octanol–water partition coefficient (Wildman–Crippen LogP) is -0.666. The zero-order valence-electron chi connectivity index (χ0n) is 14.5. The van der Waals surface area contributed by atoms with Crippen LogP contribution >= 0.6 is 11.6 Å². The largest absolute Gasteiger partial charge is 0.484 e. The quantitative estimate of drug-likeness (QED) is 0.446. The third kappa shape index (κ3) is 6.53. The van der Waals surface area contributed by atoms with Crippen LogP contribution in [-0.2, 0) is 19.1 Å². The summed E-state index contributed by atoms with van der Waals surface area (Å²) in [7, 11) is 1.38. The standard InChI is InChI=1S/C17H22ClN3O5/c1-25-17(24)12-6-8-21(9-7-12)10-15(22)19-20-16(23)11-26-14-4-2-13(18)3-5-14/h2-5,12H,6-11H2,1H3,(H,19,22)(H,20,23)/p+1. The van der Waals surface area contributed by atoms with Gasteiger partial charge in [0.2, 0.25) is 0 Å².